The topological polar surface area (TPSA) is 88.4 Å². The number of nitrogens with one attached hydrogen (secondary N) is 2. The van der Waals surface area contributed by atoms with E-state index >= 15 is 0 Å². The van der Waals surface area contributed by atoms with Crippen LogP contribution in [0.25, 0.3) is 5.52 Å². The summed E-state index contributed by atoms with van der Waals surface area (Å²) >= 11 is 0. The minimum Gasteiger partial charge on any atom is -0.345 e. The summed E-state index contributed by atoms with van der Waals surface area (Å²) < 4.78 is 1.63. The van der Waals surface area contributed by atoms with Gasteiger partial charge in [-0.05, 0) is 36.8 Å². The fraction of sp³-hybridized carbons (Fsp3) is 0.130. The Labute approximate surface area is 173 Å². The summed E-state index contributed by atoms with van der Waals surface area (Å²) in [6, 6.07) is 18.8. The molecule has 0 unspecified atom stereocenters. The first-order valence-corrected chi connectivity index (χ1v) is 9.61. The third kappa shape index (κ3) is 4.20. The molecule has 0 saturated carbocycles. The molecular formula is C23H21N5O2. The summed E-state index contributed by atoms with van der Waals surface area (Å²) in [7, 11) is 0. The Morgan fingerprint density at radius 3 is 2.57 bits per heavy atom. The summed E-state index contributed by atoms with van der Waals surface area (Å²) in [4.78, 5) is 34.1. The normalized spacial score (nSPS) is 10.7. The Morgan fingerprint density at radius 1 is 0.933 bits per heavy atom. The molecule has 30 heavy (non-hydrogen) atoms. The Balaban J connectivity index is 1.54. The second kappa shape index (κ2) is 8.57. The molecule has 150 valence electrons. The molecule has 7 nitrogen and oxygen atoms in total. The molecule has 0 aliphatic carbocycles. The number of carbonyl (C=O) groups excluding carboxylic acids is 2. The van der Waals surface area contributed by atoms with E-state index in [0.717, 1.165) is 16.8 Å². The number of carbonyl (C=O) groups is 2. The minimum atomic E-state index is -0.359. The first-order chi connectivity index (χ1) is 14.6. The number of pyridine rings is 2. The summed E-state index contributed by atoms with van der Waals surface area (Å²) in [5, 5.41) is 5.70. The molecule has 3 heterocycles. The number of aryl methyl sites for hydroxylation is 1. The lowest BCUT2D eigenvalue weighted by Gasteiger charge is -2.05. The molecule has 0 saturated heterocycles. The number of fused-ring (bicyclic) bond motifs is 1. The van der Waals surface area contributed by atoms with Gasteiger partial charge in [-0.1, -0.05) is 42.0 Å². The van der Waals surface area contributed by atoms with Gasteiger partial charge in [0.2, 0.25) is 5.82 Å². The number of imidazole rings is 1. The summed E-state index contributed by atoms with van der Waals surface area (Å²) in [6.45, 7) is 2.66. The highest BCUT2D eigenvalue weighted by Gasteiger charge is 2.21. The van der Waals surface area contributed by atoms with Gasteiger partial charge >= 0.3 is 0 Å². The van der Waals surface area contributed by atoms with Crippen molar-refractivity contribution < 1.29 is 9.59 Å². The first kappa shape index (κ1) is 19.3. The second-order valence-electron chi connectivity index (χ2n) is 6.92. The number of rotatable bonds is 6. The molecule has 4 rings (SSSR count). The third-order valence-corrected chi connectivity index (χ3v) is 4.66. The number of hydrogen-bond donors (Lipinski definition) is 2. The van der Waals surface area contributed by atoms with Crippen molar-refractivity contribution in [1.29, 1.82) is 0 Å². The molecule has 2 N–H and O–H groups in total. The number of aromatic nitrogens is 3. The van der Waals surface area contributed by atoms with Crippen molar-refractivity contribution in [2.45, 2.75) is 20.0 Å². The lowest BCUT2D eigenvalue weighted by Crippen LogP contribution is -2.26. The van der Waals surface area contributed by atoms with E-state index in [4.69, 9.17) is 0 Å². The second-order valence-corrected chi connectivity index (χ2v) is 6.92. The molecule has 7 heteroatoms. The predicted molar refractivity (Wildman–Crippen MR) is 113 cm³/mol. The molecule has 1 aromatic carbocycles. The van der Waals surface area contributed by atoms with Gasteiger partial charge in [0.1, 0.15) is 0 Å². The van der Waals surface area contributed by atoms with E-state index in [0.29, 0.717) is 12.1 Å². The average molecular weight is 399 g/mol. The van der Waals surface area contributed by atoms with Crippen LogP contribution in [0.2, 0.25) is 0 Å². The monoisotopic (exact) mass is 399 g/mol. The van der Waals surface area contributed by atoms with Crippen molar-refractivity contribution in [3.05, 3.63) is 101 Å². The number of hydrogen-bond acceptors (Lipinski definition) is 4. The van der Waals surface area contributed by atoms with Crippen molar-refractivity contribution in [1.82, 2.24) is 25.0 Å². The molecule has 0 bridgehead atoms. The van der Waals surface area contributed by atoms with E-state index in [1.807, 2.05) is 49.4 Å². The van der Waals surface area contributed by atoms with Gasteiger partial charge in [0, 0.05) is 18.9 Å². The average Bonchev–Trinajstić information content (AvgIpc) is 3.17. The van der Waals surface area contributed by atoms with Crippen LogP contribution in [0.3, 0.4) is 0 Å². The van der Waals surface area contributed by atoms with Crippen LogP contribution in [0.1, 0.15) is 37.9 Å². The Hall–Kier alpha value is -4.00. The molecule has 2 amide bonds. The fourth-order valence-corrected chi connectivity index (χ4v) is 3.21. The fourth-order valence-electron chi connectivity index (χ4n) is 3.21. The quantitative estimate of drug-likeness (QED) is 0.522. The van der Waals surface area contributed by atoms with Crippen molar-refractivity contribution in [3.8, 4) is 0 Å². The van der Waals surface area contributed by atoms with Gasteiger partial charge < -0.3 is 10.6 Å². The minimum absolute atomic E-state index is 0.168. The summed E-state index contributed by atoms with van der Waals surface area (Å²) in [6.07, 6.45) is 3.39. The van der Waals surface area contributed by atoms with Gasteiger partial charge in [0.25, 0.3) is 11.8 Å². The number of amides is 2. The predicted octanol–water partition coefficient (Wildman–Crippen LogP) is 2.90. The highest BCUT2D eigenvalue weighted by Crippen LogP contribution is 2.14. The maximum atomic E-state index is 12.8. The SMILES string of the molecule is Cc1cccc(CNC(=O)c2nc(C(=O)NCc3ccccn3)c3ccccn23)c1. The maximum absolute atomic E-state index is 12.8. The molecular weight excluding hydrogens is 378 g/mol. The zero-order valence-electron chi connectivity index (χ0n) is 16.5. The van der Waals surface area contributed by atoms with Gasteiger partial charge in [0.05, 0.1) is 17.8 Å². The molecule has 3 aromatic heterocycles. The maximum Gasteiger partial charge on any atom is 0.287 e. The van der Waals surface area contributed by atoms with E-state index in [-0.39, 0.29) is 29.9 Å². The van der Waals surface area contributed by atoms with Gasteiger partial charge in [-0.15, -0.1) is 0 Å². The highest BCUT2D eigenvalue weighted by atomic mass is 16.2. The molecule has 4 aromatic rings. The van der Waals surface area contributed by atoms with Crippen LogP contribution in [0, 0.1) is 6.92 Å². The van der Waals surface area contributed by atoms with E-state index < -0.39 is 0 Å². The molecule has 0 atom stereocenters. The lowest BCUT2D eigenvalue weighted by atomic mass is 10.1. The van der Waals surface area contributed by atoms with Crippen LogP contribution >= 0.6 is 0 Å². The summed E-state index contributed by atoms with van der Waals surface area (Å²) in [5.74, 6) is -0.537. The number of benzene rings is 1. The number of nitrogens with zero attached hydrogens (tertiary/aromatic N) is 3. The van der Waals surface area contributed by atoms with Crippen molar-refractivity contribution in [3.63, 3.8) is 0 Å². The van der Waals surface area contributed by atoms with Crippen LogP contribution < -0.4 is 10.6 Å². The van der Waals surface area contributed by atoms with Crippen LogP contribution in [-0.4, -0.2) is 26.2 Å². The zero-order valence-corrected chi connectivity index (χ0v) is 16.5. The van der Waals surface area contributed by atoms with Crippen LogP contribution in [0.15, 0.2) is 73.1 Å². The highest BCUT2D eigenvalue weighted by molar-refractivity contribution is 6.02. The first-order valence-electron chi connectivity index (χ1n) is 9.61. The Morgan fingerprint density at radius 2 is 1.77 bits per heavy atom. The summed E-state index contributed by atoms with van der Waals surface area (Å²) in [5.41, 5.74) is 3.63. The van der Waals surface area contributed by atoms with Gasteiger partial charge in [0.15, 0.2) is 5.69 Å². The van der Waals surface area contributed by atoms with Crippen molar-refractivity contribution >= 4 is 17.3 Å². The van der Waals surface area contributed by atoms with Crippen molar-refractivity contribution in [2.75, 3.05) is 0 Å². The van der Waals surface area contributed by atoms with Crippen LogP contribution in [-0.2, 0) is 13.1 Å². The third-order valence-electron chi connectivity index (χ3n) is 4.66. The molecule has 0 aliphatic heterocycles. The molecule has 0 aliphatic rings. The lowest BCUT2D eigenvalue weighted by molar-refractivity contribution is 0.0939. The van der Waals surface area contributed by atoms with Crippen LogP contribution in [0.5, 0.6) is 0 Å². The van der Waals surface area contributed by atoms with Gasteiger partial charge in [-0.3, -0.25) is 19.0 Å². The Kier molecular flexibility index (Phi) is 5.52. The Bertz CT molecular complexity index is 1200. The van der Waals surface area contributed by atoms with Crippen LogP contribution in [0.4, 0.5) is 0 Å². The smallest absolute Gasteiger partial charge is 0.287 e. The van der Waals surface area contributed by atoms with Gasteiger partial charge in [-0.2, -0.15) is 0 Å². The molecule has 0 spiro atoms. The molecule has 0 radical (unpaired) electrons. The van der Waals surface area contributed by atoms with Gasteiger partial charge in [-0.25, -0.2) is 4.98 Å². The van der Waals surface area contributed by atoms with E-state index in [2.05, 4.69) is 20.6 Å². The van der Waals surface area contributed by atoms with E-state index in [9.17, 15) is 9.59 Å². The zero-order chi connectivity index (χ0) is 20.9. The van der Waals surface area contributed by atoms with E-state index in [1.165, 1.54) is 0 Å². The van der Waals surface area contributed by atoms with E-state index in [1.54, 1.807) is 35.0 Å². The molecule has 0 fully saturated rings. The van der Waals surface area contributed by atoms with Crippen molar-refractivity contribution in [2.24, 2.45) is 0 Å². The standard InChI is InChI=1S/C23H21N5O2/c1-16-7-6-8-17(13-16)14-25-23(30)21-27-20(19-10-3-5-12-28(19)21)22(29)26-15-18-9-2-4-11-24-18/h2-13H,14-15H2,1H3,(H,25,30)(H,26,29). The largest absolute Gasteiger partial charge is 0.345 e.